The number of benzene rings is 4. The van der Waals surface area contributed by atoms with E-state index in [1.807, 2.05) is 12.1 Å². The third-order valence-corrected chi connectivity index (χ3v) is 7.24. The topological polar surface area (TPSA) is 108 Å². The fourth-order valence-corrected chi connectivity index (χ4v) is 4.70. The highest BCUT2D eigenvalue weighted by Crippen LogP contribution is 2.33. The quantitative estimate of drug-likeness (QED) is 0.113. The van der Waals surface area contributed by atoms with Crippen molar-refractivity contribution >= 4 is 45.2 Å². The fourth-order valence-electron chi connectivity index (χ4n) is 4.44. The predicted octanol–water partition coefficient (Wildman–Crippen LogP) is 6.25. The lowest BCUT2D eigenvalue weighted by Gasteiger charge is -2.17. The molecule has 43 heavy (non-hydrogen) atoms. The van der Waals surface area contributed by atoms with Crippen molar-refractivity contribution in [3.8, 4) is 23.0 Å². The highest BCUT2D eigenvalue weighted by molar-refractivity contribution is 9.10. The summed E-state index contributed by atoms with van der Waals surface area (Å²) in [7, 11) is 1.56. The van der Waals surface area contributed by atoms with E-state index in [0.29, 0.717) is 28.5 Å². The number of esters is 2. The van der Waals surface area contributed by atoms with Gasteiger partial charge in [0.2, 0.25) is 5.91 Å². The van der Waals surface area contributed by atoms with E-state index in [0.717, 1.165) is 4.47 Å². The summed E-state index contributed by atoms with van der Waals surface area (Å²) < 4.78 is 22.6. The molecule has 1 heterocycles. The Morgan fingerprint density at radius 2 is 1.44 bits per heavy atom. The summed E-state index contributed by atoms with van der Waals surface area (Å²) in [5, 5.41) is 0. The highest BCUT2D eigenvalue weighted by Gasteiger charge is 2.36. The lowest BCUT2D eigenvalue weighted by atomic mass is 10.1. The van der Waals surface area contributed by atoms with E-state index in [9.17, 15) is 19.2 Å². The third kappa shape index (κ3) is 7.28. The van der Waals surface area contributed by atoms with Gasteiger partial charge in [0, 0.05) is 28.7 Å². The number of methoxy groups -OCH3 is 1. The molecule has 1 atom stereocenters. The first kappa shape index (κ1) is 29.5. The molecule has 218 valence electrons. The zero-order valence-corrected chi connectivity index (χ0v) is 24.6. The maximum Gasteiger partial charge on any atom is 0.343 e. The number of carbonyl (C=O) groups is 4. The van der Waals surface area contributed by atoms with Crippen LogP contribution in [0.5, 0.6) is 23.0 Å². The van der Waals surface area contributed by atoms with Crippen LogP contribution >= 0.6 is 15.9 Å². The Labute approximate surface area is 256 Å². The number of hydrogen-bond donors (Lipinski definition) is 0. The number of Topliss-reactive ketones (excluding diaryl/α,β-unsaturated/α-hetero) is 1. The van der Waals surface area contributed by atoms with Crippen molar-refractivity contribution in [2.24, 2.45) is 5.92 Å². The fraction of sp³-hybridized carbons (Fsp3) is 0.152. The van der Waals surface area contributed by atoms with Crippen molar-refractivity contribution in [1.82, 2.24) is 0 Å². The Hall–Kier alpha value is -4.96. The average Bonchev–Trinajstić information content (AvgIpc) is 3.42. The van der Waals surface area contributed by atoms with Crippen LogP contribution in [0.15, 0.2) is 102 Å². The summed E-state index contributed by atoms with van der Waals surface area (Å²) in [6.07, 6.45) is -0.0229. The predicted molar refractivity (Wildman–Crippen MR) is 161 cm³/mol. The molecule has 5 rings (SSSR count). The van der Waals surface area contributed by atoms with Gasteiger partial charge in [-0.25, -0.2) is 4.79 Å². The van der Waals surface area contributed by atoms with Crippen molar-refractivity contribution in [2.75, 3.05) is 25.2 Å². The molecule has 0 radical (unpaired) electrons. The van der Waals surface area contributed by atoms with E-state index in [-0.39, 0.29) is 30.2 Å². The zero-order valence-electron chi connectivity index (χ0n) is 23.0. The van der Waals surface area contributed by atoms with E-state index in [1.165, 1.54) is 29.2 Å². The number of carbonyl (C=O) groups excluding carboxylic acids is 4. The second kappa shape index (κ2) is 13.3. The monoisotopic (exact) mass is 643 g/mol. The molecule has 0 N–H and O–H groups in total. The summed E-state index contributed by atoms with van der Waals surface area (Å²) in [4.78, 5) is 51.8. The van der Waals surface area contributed by atoms with Gasteiger partial charge in [-0.05, 0) is 84.9 Å². The van der Waals surface area contributed by atoms with Crippen LogP contribution < -0.4 is 19.1 Å². The summed E-state index contributed by atoms with van der Waals surface area (Å²) in [5.41, 5.74) is 1.29. The van der Waals surface area contributed by atoms with E-state index in [4.69, 9.17) is 18.9 Å². The maximum absolute atomic E-state index is 12.7. The minimum atomic E-state index is -0.704. The number of halogens is 1. The zero-order chi connectivity index (χ0) is 30.3. The van der Waals surface area contributed by atoms with Crippen molar-refractivity contribution in [3.63, 3.8) is 0 Å². The molecule has 4 aromatic carbocycles. The molecule has 1 amide bonds. The Bertz CT molecular complexity index is 1640. The van der Waals surface area contributed by atoms with Gasteiger partial charge in [0.25, 0.3) is 0 Å². The van der Waals surface area contributed by atoms with Crippen LogP contribution in [0.1, 0.15) is 27.1 Å². The molecule has 0 bridgehead atoms. The first-order valence-corrected chi connectivity index (χ1v) is 14.1. The van der Waals surface area contributed by atoms with Crippen LogP contribution in [0.25, 0.3) is 0 Å². The van der Waals surface area contributed by atoms with Crippen molar-refractivity contribution in [1.29, 1.82) is 0 Å². The van der Waals surface area contributed by atoms with Crippen molar-refractivity contribution in [2.45, 2.75) is 6.42 Å². The summed E-state index contributed by atoms with van der Waals surface area (Å²) in [5.74, 6) is -0.524. The molecule has 0 aromatic heterocycles. The molecular formula is C33H26BrNO8. The second-order valence-corrected chi connectivity index (χ2v) is 10.5. The third-order valence-electron chi connectivity index (χ3n) is 6.72. The van der Waals surface area contributed by atoms with Gasteiger partial charge in [0.15, 0.2) is 23.9 Å². The van der Waals surface area contributed by atoms with Crippen LogP contribution in [-0.4, -0.2) is 43.9 Å². The van der Waals surface area contributed by atoms with Gasteiger partial charge in [-0.3, -0.25) is 14.4 Å². The minimum Gasteiger partial charge on any atom is -0.493 e. The summed E-state index contributed by atoms with van der Waals surface area (Å²) in [6, 6.07) is 26.9. The van der Waals surface area contributed by atoms with Crippen LogP contribution in [0.4, 0.5) is 5.69 Å². The molecule has 1 fully saturated rings. The first-order chi connectivity index (χ1) is 20.8. The van der Waals surface area contributed by atoms with E-state index < -0.39 is 30.2 Å². The normalized spacial score (nSPS) is 14.2. The van der Waals surface area contributed by atoms with Gasteiger partial charge in [0.1, 0.15) is 11.5 Å². The largest absolute Gasteiger partial charge is 0.493 e. The molecule has 0 saturated carbocycles. The Morgan fingerprint density at radius 3 is 2.12 bits per heavy atom. The van der Waals surface area contributed by atoms with Gasteiger partial charge in [0.05, 0.1) is 18.6 Å². The number of ether oxygens (including phenoxy) is 4. The molecular weight excluding hydrogens is 618 g/mol. The van der Waals surface area contributed by atoms with Gasteiger partial charge in [-0.15, -0.1) is 0 Å². The summed E-state index contributed by atoms with van der Waals surface area (Å²) in [6.45, 7) is -0.340. The van der Waals surface area contributed by atoms with E-state index in [2.05, 4.69) is 15.9 Å². The molecule has 1 saturated heterocycles. The number of hydrogen-bond acceptors (Lipinski definition) is 8. The van der Waals surface area contributed by atoms with Crippen LogP contribution in [0, 0.1) is 5.92 Å². The minimum absolute atomic E-state index is 0.0229. The Morgan fingerprint density at radius 1 is 0.814 bits per heavy atom. The molecule has 1 aliphatic rings. The number of anilines is 1. The smallest absolute Gasteiger partial charge is 0.343 e. The number of ketones is 1. The number of rotatable bonds is 10. The van der Waals surface area contributed by atoms with E-state index in [1.54, 1.807) is 67.8 Å². The van der Waals surface area contributed by atoms with E-state index >= 15 is 0 Å². The maximum atomic E-state index is 12.7. The lowest BCUT2D eigenvalue weighted by molar-refractivity contribution is -0.147. The number of para-hydroxylation sites is 2. The molecule has 1 aliphatic heterocycles. The van der Waals surface area contributed by atoms with Crippen LogP contribution in [-0.2, 0) is 14.3 Å². The van der Waals surface area contributed by atoms with Gasteiger partial charge >= 0.3 is 11.9 Å². The molecule has 0 unspecified atom stereocenters. The number of amides is 1. The molecule has 10 heteroatoms. The van der Waals surface area contributed by atoms with Gasteiger partial charge < -0.3 is 23.8 Å². The lowest BCUT2D eigenvalue weighted by Crippen LogP contribution is -2.27. The number of nitrogens with zero attached hydrogens (tertiary/aromatic N) is 1. The Balaban J connectivity index is 1.11. The summed E-state index contributed by atoms with van der Waals surface area (Å²) >= 11 is 3.31. The standard InChI is InChI=1S/C33H26BrNO8/c1-40-29-4-2-3-5-30(29)42-26-16-12-25(13-17-26)35-19-23(18-31(35)37)32(38)41-20-28(36)21-8-14-27(15-9-21)43-33(39)22-6-10-24(34)11-7-22/h2-17,23H,18-20H2,1H3/t23-/m0/s1. The average molecular weight is 644 g/mol. The molecule has 0 aliphatic carbocycles. The van der Waals surface area contributed by atoms with Crippen molar-refractivity contribution < 1.29 is 38.1 Å². The molecule has 9 nitrogen and oxygen atoms in total. The first-order valence-electron chi connectivity index (χ1n) is 13.3. The SMILES string of the molecule is COc1ccccc1Oc1ccc(N2C[C@@H](C(=O)OCC(=O)c3ccc(OC(=O)c4ccc(Br)cc4)cc3)CC2=O)cc1. The molecule has 0 spiro atoms. The van der Waals surface area contributed by atoms with Gasteiger partial charge in [-0.1, -0.05) is 28.1 Å². The Kier molecular flexibility index (Phi) is 9.17. The van der Waals surface area contributed by atoms with Crippen LogP contribution in [0.3, 0.4) is 0 Å². The van der Waals surface area contributed by atoms with Gasteiger partial charge in [-0.2, -0.15) is 0 Å². The highest BCUT2D eigenvalue weighted by atomic mass is 79.9. The second-order valence-electron chi connectivity index (χ2n) is 9.60. The molecule has 4 aromatic rings. The van der Waals surface area contributed by atoms with Crippen LogP contribution in [0.2, 0.25) is 0 Å². The van der Waals surface area contributed by atoms with Crippen molar-refractivity contribution in [3.05, 3.63) is 113 Å².